The third-order valence-electron chi connectivity index (χ3n) is 2.80. The molecule has 0 saturated heterocycles. The van der Waals surface area contributed by atoms with Crippen LogP contribution in [0.4, 0.5) is 35.1 Å². The molecule has 0 aliphatic rings. The summed E-state index contributed by atoms with van der Waals surface area (Å²) in [6.45, 7) is -2.35. The van der Waals surface area contributed by atoms with Gasteiger partial charge in [-0.2, -0.15) is 36.9 Å². The van der Waals surface area contributed by atoms with Gasteiger partial charge >= 0.3 is 24.2 Å². The van der Waals surface area contributed by atoms with E-state index in [2.05, 4.69) is 4.74 Å². The van der Waals surface area contributed by atoms with Gasteiger partial charge in [-0.25, -0.2) is 8.78 Å². The van der Waals surface area contributed by atoms with Crippen molar-refractivity contribution in [2.24, 2.45) is 0 Å². The van der Waals surface area contributed by atoms with Crippen LogP contribution in [0.2, 0.25) is 0 Å². The van der Waals surface area contributed by atoms with Gasteiger partial charge in [0.2, 0.25) is 0 Å². The lowest BCUT2D eigenvalue weighted by molar-refractivity contribution is -0.342. The standard InChI is InChI=1S/C13H6F8N2O/c14-10(15)12(18,19)13(20,21)11(16,17)6-24-9-2-1-7(4-22)8(3-9)5-23/h1-3,10H,6H2. The Morgan fingerprint density at radius 1 is 0.958 bits per heavy atom. The second-order valence-corrected chi connectivity index (χ2v) is 4.42. The van der Waals surface area contributed by atoms with Crippen molar-refractivity contribution in [3.8, 4) is 17.9 Å². The lowest BCUT2D eigenvalue weighted by atomic mass is 10.1. The molecular weight excluding hydrogens is 352 g/mol. The molecule has 0 saturated carbocycles. The molecule has 24 heavy (non-hydrogen) atoms. The van der Waals surface area contributed by atoms with E-state index >= 15 is 0 Å². The number of nitrogens with zero attached hydrogens (tertiary/aromatic N) is 2. The van der Waals surface area contributed by atoms with E-state index in [1.807, 2.05) is 0 Å². The SMILES string of the molecule is N#Cc1ccc(OCC(F)(F)C(F)(F)C(F)(F)C(F)F)cc1C#N. The number of hydrogen-bond donors (Lipinski definition) is 0. The smallest absolute Gasteiger partial charge is 0.381 e. The van der Waals surface area contributed by atoms with E-state index in [-0.39, 0.29) is 11.1 Å². The van der Waals surface area contributed by atoms with Gasteiger partial charge in [0.25, 0.3) is 0 Å². The van der Waals surface area contributed by atoms with Gasteiger partial charge in [0.15, 0.2) is 6.61 Å². The van der Waals surface area contributed by atoms with Crippen molar-refractivity contribution in [2.75, 3.05) is 6.61 Å². The average molecular weight is 358 g/mol. The van der Waals surface area contributed by atoms with Crippen molar-refractivity contribution in [1.29, 1.82) is 10.5 Å². The third kappa shape index (κ3) is 3.35. The van der Waals surface area contributed by atoms with E-state index in [1.54, 1.807) is 6.07 Å². The Hall–Kier alpha value is -2.56. The summed E-state index contributed by atoms with van der Waals surface area (Å²) in [6, 6.07) is 5.59. The topological polar surface area (TPSA) is 56.8 Å². The highest BCUT2D eigenvalue weighted by Gasteiger charge is 2.75. The van der Waals surface area contributed by atoms with Crippen LogP contribution in [0.1, 0.15) is 11.1 Å². The Kier molecular flexibility index (Phi) is 5.29. The number of nitriles is 2. The largest absolute Gasteiger partial charge is 0.487 e. The molecule has 1 aromatic rings. The molecule has 0 aliphatic carbocycles. The van der Waals surface area contributed by atoms with Crippen LogP contribution in [-0.4, -0.2) is 30.8 Å². The first kappa shape index (κ1) is 19.5. The van der Waals surface area contributed by atoms with Gasteiger partial charge in [-0.05, 0) is 18.2 Å². The molecule has 1 rings (SSSR count). The maximum atomic E-state index is 13.3. The van der Waals surface area contributed by atoms with Gasteiger partial charge in [0, 0.05) is 0 Å². The Morgan fingerprint density at radius 3 is 1.96 bits per heavy atom. The molecule has 3 nitrogen and oxygen atoms in total. The second kappa shape index (κ2) is 6.51. The van der Waals surface area contributed by atoms with E-state index in [4.69, 9.17) is 10.5 Å². The number of halogens is 8. The van der Waals surface area contributed by atoms with Gasteiger partial charge in [0.1, 0.15) is 17.9 Å². The van der Waals surface area contributed by atoms with E-state index in [9.17, 15) is 35.1 Å². The molecule has 0 unspecified atom stereocenters. The minimum Gasteiger partial charge on any atom is -0.487 e. The molecule has 0 bridgehead atoms. The summed E-state index contributed by atoms with van der Waals surface area (Å²) >= 11 is 0. The zero-order valence-electron chi connectivity index (χ0n) is 11.3. The van der Waals surface area contributed by atoms with E-state index in [1.165, 1.54) is 6.07 Å². The zero-order valence-corrected chi connectivity index (χ0v) is 11.3. The van der Waals surface area contributed by atoms with Crippen LogP contribution < -0.4 is 4.74 Å². The number of benzene rings is 1. The van der Waals surface area contributed by atoms with E-state index in [0.717, 1.165) is 18.2 Å². The highest BCUT2D eigenvalue weighted by atomic mass is 19.4. The van der Waals surface area contributed by atoms with Gasteiger partial charge in [-0.1, -0.05) is 0 Å². The lowest BCUT2D eigenvalue weighted by Gasteiger charge is -2.32. The fourth-order valence-corrected chi connectivity index (χ4v) is 1.45. The van der Waals surface area contributed by atoms with E-state index in [0.29, 0.717) is 0 Å². The van der Waals surface area contributed by atoms with Crippen LogP contribution in [-0.2, 0) is 0 Å². The minimum absolute atomic E-state index is 0.175. The Balaban J connectivity index is 3.01. The zero-order chi connectivity index (χ0) is 18.8. The number of rotatable bonds is 6. The van der Waals surface area contributed by atoms with Crippen molar-refractivity contribution in [2.45, 2.75) is 24.2 Å². The summed E-state index contributed by atoms with van der Waals surface area (Å²) in [4.78, 5) is 0. The molecule has 0 amide bonds. The summed E-state index contributed by atoms with van der Waals surface area (Å²) in [5.41, 5.74) is -0.519. The maximum Gasteiger partial charge on any atom is 0.381 e. The van der Waals surface area contributed by atoms with Crippen LogP contribution in [0.25, 0.3) is 0 Å². The first-order valence-electron chi connectivity index (χ1n) is 5.89. The third-order valence-corrected chi connectivity index (χ3v) is 2.80. The number of hydrogen-bond acceptors (Lipinski definition) is 3. The van der Waals surface area contributed by atoms with Crippen LogP contribution in [0.3, 0.4) is 0 Å². The maximum absolute atomic E-state index is 13.3. The normalized spacial score (nSPS) is 12.6. The highest BCUT2D eigenvalue weighted by molar-refractivity contribution is 5.49. The predicted molar refractivity (Wildman–Crippen MR) is 62.2 cm³/mol. The quantitative estimate of drug-likeness (QED) is 0.723. The predicted octanol–water partition coefficient (Wildman–Crippen LogP) is 3.98. The molecular formula is C13H6F8N2O. The molecule has 0 fully saturated rings. The molecule has 0 radical (unpaired) electrons. The summed E-state index contributed by atoms with van der Waals surface area (Å²) < 4.78 is 106. The Morgan fingerprint density at radius 2 is 1.50 bits per heavy atom. The molecule has 11 heteroatoms. The van der Waals surface area contributed by atoms with Gasteiger partial charge in [-0.3, -0.25) is 0 Å². The second-order valence-electron chi connectivity index (χ2n) is 4.42. The van der Waals surface area contributed by atoms with Crippen LogP contribution in [0.15, 0.2) is 18.2 Å². The molecule has 0 N–H and O–H groups in total. The summed E-state index contributed by atoms with van der Waals surface area (Å²) in [6.07, 6.45) is -5.02. The Labute approximate surface area is 129 Å². The first-order valence-corrected chi connectivity index (χ1v) is 5.89. The number of ether oxygens (including phenoxy) is 1. The number of alkyl halides is 8. The van der Waals surface area contributed by atoms with Crippen LogP contribution in [0.5, 0.6) is 5.75 Å². The van der Waals surface area contributed by atoms with Crippen molar-refractivity contribution in [3.05, 3.63) is 29.3 Å². The molecule has 0 heterocycles. The average Bonchev–Trinajstić information content (AvgIpc) is 2.52. The molecule has 0 atom stereocenters. The van der Waals surface area contributed by atoms with Crippen LogP contribution >= 0.6 is 0 Å². The fourth-order valence-electron chi connectivity index (χ4n) is 1.45. The van der Waals surface area contributed by atoms with Crippen molar-refractivity contribution >= 4 is 0 Å². The van der Waals surface area contributed by atoms with Crippen molar-refractivity contribution in [1.82, 2.24) is 0 Å². The van der Waals surface area contributed by atoms with Gasteiger partial charge in [0.05, 0.1) is 11.1 Å². The van der Waals surface area contributed by atoms with Gasteiger partial charge in [-0.15, -0.1) is 0 Å². The monoisotopic (exact) mass is 358 g/mol. The molecule has 130 valence electrons. The first-order chi connectivity index (χ1) is 10.9. The minimum atomic E-state index is -6.38. The lowest BCUT2D eigenvalue weighted by Crippen LogP contribution is -2.59. The summed E-state index contributed by atoms with van der Waals surface area (Å²) in [7, 11) is 0. The summed E-state index contributed by atoms with van der Waals surface area (Å²) in [5, 5.41) is 17.3. The molecule has 0 aromatic heterocycles. The van der Waals surface area contributed by atoms with Crippen molar-refractivity contribution < 1.29 is 39.9 Å². The molecule has 1 aromatic carbocycles. The van der Waals surface area contributed by atoms with Crippen molar-refractivity contribution in [3.63, 3.8) is 0 Å². The molecule has 0 spiro atoms. The fraction of sp³-hybridized carbons (Fsp3) is 0.385. The summed E-state index contributed by atoms with van der Waals surface area (Å²) in [5.74, 6) is -18.9. The highest BCUT2D eigenvalue weighted by Crippen LogP contribution is 2.48. The van der Waals surface area contributed by atoms with Gasteiger partial charge < -0.3 is 4.74 Å². The Bertz CT molecular complexity index is 690. The van der Waals surface area contributed by atoms with E-state index < -0.39 is 36.5 Å². The van der Waals surface area contributed by atoms with Crippen LogP contribution in [0, 0.1) is 22.7 Å². The molecule has 0 aliphatic heterocycles.